The van der Waals surface area contributed by atoms with Gasteiger partial charge in [0.25, 0.3) is 5.91 Å². The predicted molar refractivity (Wildman–Crippen MR) is 79.6 cm³/mol. The standard InChI is InChI=1S/C16H22N2O3/c1-2-14(10-19)18-16(21)13-5-3-11(4-6-13)9-17-15(20)12-7-8-12/h3-6,12,14,19H,2,7-10H2,1H3,(H,17,20)(H,18,21). The molecule has 0 radical (unpaired) electrons. The van der Waals surface area contributed by atoms with Crippen LogP contribution in [-0.2, 0) is 11.3 Å². The van der Waals surface area contributed by atoms with E-state index in [1.807, 2.05) is 19.1 Å². The van der Waals surface area contributed by atoms with E-state index < -0.39 is 0 Å². The predicted octanol–water partition coefficient (Wildman–Crippen LogP) is 1.21. The summed E-state index contributed by atoms with van der Waals surface area (Å²) in [5, 5.41) is 14.7. The number of rotatable bonds is 7. The van der Waals surface area contributed by atoms with Gasteiger partial charge in [-0.1, -0.05) is 19.1 Å². The number of hydrogen-bond acceptors (Lipinski definition) is 3. The SMILES string of the molecule is CCC(CO)NC(=O)c1ccc(CNC(=O)C2CC2)cc1. The summed E-state index contributed by atoms with van der Waals surface area (Å²) in [4.78, 5) is 23.5. The van der Waals surface area contributed by atoms with Crippen LogP contribution in [0.4, 0.5) is 0 Å². The minimum absolute atomic E-state index is 0.0620. The molecule has 1 aromatic carbocycles. The number of carbonyl (C=O) groups excluding carboxylic acids is 2. The zero-order valence-corrected chi connectivity index (χ0v) is 12.3. The monoisotopic (exact) mass is 290 g/mol. The minimum Gasteiger partial charge on any atom is -0.394 e. The number of carbonyl (C=O) groups is 2. The van der Waals surface area contributed by atoms with E-state index in [1.165, 1.54) is 0 Å². The van der Waals surface area contributed by atoms with E-state index in [0.29, 0.717) is 18.5 Å². The Morgan fingerprint density at radius 3 is 2.48 bits per heavy atom. The lowest BCUT2D eigenvalue weighted by atomic mass is 10.1. The molecule has 5 nitrogen and oxygen atoms in total. The van der Waals surface area contributed by atoms with E-state index in [1.54, 1.807) is 12.1 Å². The van der Waals surface area contributed by atoms with Crippen molar-refractivity contribution in [1.29, 1.82) is 0 Å². The first-order chi connectivity index (χ1) is 10.1. The second-order valence-electron chi connectivity index (χ2n) is 5.45. The minimum atomic E-state index is -0.213. The van der Waals surface area contributed by atoms with Crippen molar-refractivity contribution in [3.63, 3.8) is 0 Å². The van der Waals surface area contributed by atoms with Crippen LogP contribution < -0.4 is 10.6 Å². The Balaban J connectivity index is 1.85. The molecule has 5 heteroatoms. The molecule has 2 rings (SSSR count). The average Bonchev–Trinajstić information content (AvgIpc) is 3.35. The number of benzene rings is 1. The molecule has 1 atom stereocenters. The van der Waals surface area contributed by atoms with E-state index in [-0.39, 0.29) is 30.4 Å². The molecule has 1 saturated carbocycles. The van der Waals surface area contributed by atoms with Crippen LogP contribution in [-0.4, -0.2) is 29.6 Å². The Morgan fingerprint density at radius 2 is 1.95 bits per heavy atom. The molecule has 1 fully saturated rings. The molecule has 1 aromatic rings. The molecule has 114 valence electrons. The molecule has 0 aromatic heterocycles. The highest BCUT2D eigenvalue weighted by atomic mass is 16.3. The quantitative estimate of drug-likeness (QED) is 0.706. The fourth-order valence-electron chi connectivity index (χ4n) is 2.00. The maximum absolute atomic E-state index is 12.0. The highest BCUT2D eigenvalue weighted by molar-refractivity contribution is 5.94. The summed E-state index contributed by atoms with van der Waals surface area (Å²) in [6, 6.07) is 6.93. The number of hydrogen-bond donors (Lipinski definition) is 3. The molecule has 1 aliphatic rings. The highest BCUT2D eigenvalue weighted by Crippen LogP contribution is 2.28. The van der Waals surface area contributed by atoms with Crippen molar-refractivity contribution in [1.82, 2.24) is 10.6 Å². The van der Waals surface area contributed by atoms with Gasteiger partial charge in [-0.2, -0.15) is 0 Å². The van der Waals surface area contributed by atoms with Gasteiger partial charge in [0, 0.05) is 18.0 Å². The van der Waals surface area contributed by atoms with Crippen LogP contribution in [0.3, 0.4) is 0 Å². The van der Waals surface area contributed by atoms with Crippen LogP contribution in [0.5, 0.6) is 0 Å². The molecular weight excluding hydrogens is 268 g/mol. The van der Waals surface area contributed by atoms with Crippen molar-refractivity contribution in [3.05, 3.63) is 35.4 Å². The third kappa shape index (κ3) is 4.56. The first-order valence-electron chi connectivity index (χ1n) is 7.42. The van der Waals surface area contributed by atoms with Gasteiger partial charge in [-0.05, 0) is 37.0 Å². The lowest BCUT2D eigenvalue weighted by Gasteiger charge is -2.14. The smallest absolute Gasteiger partial charge is 0.251 e. The molecule has 0 heterocycles. The first-order valence-corrected chi connectivity index (χ1v) is 7.42. The van der Waals surface area contributed by atoms with Gasteiger partial charge >= 0.3 is 0 Å². The third-order valence-electron chi connectivity index (χ3n) is 3.68. The van der Waals surface area contributed by atoms with Crippen molar-refractivity contribution < 1.29 is 14.7 Å². The molecular formula is C16H22N2O3. The fourth-order valence-corrected chi connectivity index (χ4v) is 2.00. The van der Waals surface area contributed by atoms with Crippen LogP contribution in [0.15, 0.2) is 24.3 Å². The lowest BCUT2D eigenvalue weighted by Crippen LogP contribution is -2.36. The summed E-state index contributed by atoms with van der Waals surface area (Å²) in [5.41, 5.74) is 1.52. The van der Waals surface area contributed by atoms with E-state index in [2.05, 4.69) is 10.6 Å². The Bertz CT molecular complexity index is 491. The molecule has 0 spiro atoms. The van der Waals surface area contributed by atoms with Gasteiger partial charge in [0.05, 0.1) is 12.6 Å². The first kappa shape index (κ1) is 15.5. The summed E-state index contributed by atoms with van der Waals surface area (Å²) >= 11 is 0. The van der Waals surface area contributed by atoms with E-state index >= 15 is 0 Å². The zero-order valence-electron chi connectivity index (χ0n) is 12.3. The van der Waals surface area contributed by atoms with Crippen molar-refractivity contribution in [3.8, 4) is 0 Å². The molecule has 0 bridgehead atoms. The Hall–Kier alpha value is -1.88. The summed E-state index contributed by atoms with van der Waals surface area (Å²) < 4.78 is 0. The Labute approximate surface area is 124 Å². The fraction of sp³-hybridized carbons (Fsp3) is 0.500. The molecule has 3 N–H and O–H groups in total. The van der Waals surface area contributed by atoms with Gasteiger partial charge in [0.1, 0.15) is 0 Å². The van der Waals surface area contributed by atoms with Crippen molar-refractivity contribution in [2.24, 2.45) is 5.92 Å². The average molecular weight is 290 g/mol. The van der Waals surface area contributed by atoms with Gasteiger partial charge in [0.2, 0.25) is 5.91 Å². The maximum Gasteiger partial charge on any atom is 0.251 e. The van der Waals surface area contributed by atoms with Gasteiger partial charge in [-0.3, -0.25) is 9.59 Å². The molecule has 21 heavy (non-hydrogen) atoms. The summed E-state index contributed by atoms with van der Waals surface area (Å²) in [7, 11) is 0. The van der Waals surface area contributed by atoms with Gasteiger partial charge in [0.15, 0.2) is 0 Å². The van der Waals surface area contributed by atoms with Crippen LogP contribution in [0.25, 0.3) is 0 Å². The van der Waals surface area contributed by atoms with Gasteiger partial charge in [-0.25, -0.2) is 0 Å². The summed E-state index contributed by atoms with van der Waals surface area (Å²) in [6.45, 7) is 2.34. The zero-order chi connectivity index (χ0) is 15.2. The van der Waals surface area contributed by atoms with Gasteiger partial charge in [-0.15, -0.1) is 0 Å². The van der Waals surface area contributed by atoms with E-state index in [0.717, 1.165) is 18.4 Å². The lowest BCUT2D eigenvalue weighted by molar-refractivity contribution is -0.122. The second-order valence-corrected chi connectivity index (χ2v) is 5.45. The Kier molecular flexibility index (Phi) is 5.33. The Morgan fingerprint density at radius 1 is 1.29 bits per heavy atom. The van der Waals surface area contributed by atoms with Gasteiger partial charge < -0.3 is 15.7 Å². The molecule has 0 aliphatic heterocycles. The highest BCUT2D eigenvalue weighted by Gasteiger charge is 2.29. The topological polar surface area (TPSA) is 78.4 Å². The molecule has 0 saturated heterocycles. The largest absolute Gasteiger partial charge is 0.394 e. The number of amides is 2. The van der Waals surface area contributed by atoms with E-state index in [4.69, 9.17) is 5.11 Å². The number of nitrogens with one attached hydrogen (secondary N) is 2. The van der Waals surface area contributed by atoms with E-state index in [9.17, 15) is 9.59 Å². The number of aliphatic hydroxyl groups excluding tert-OH is 1. The summed E-state index contributed by atoms with van der Waals surface area (Å²) in [5.74, 6) is 0.134. The van der Waals surface area contributed by atoms with Crippen molar-refractivity contribution in [2.75, 3.05) is 6.61 Å². The normalized spacial score (nSPS) is 15.3. The van der Waals surface area contributed by atoms with Crippen LogP contribution in [0, 0.1) is 5.92 Å². The molecule has 2 amide bonds. The molecule has 1 unspecified atom stereocenters. The van der Waals surface area contributed by atoms with Crippen LogP contribution in [0.1, 0.15) is 42.1 Å². The molecule has 1 aliphatic carbocycles. The second kappa shape index (κ2) is 7.22. The summed E-state index contributed by atoms with van der Waals surface area (Å²) in [6.07, 6.45) is 2.68. The van der Waals surface area contributed by atoms with Crippen LogP contribution in [0.2, 0.25) is 0 Å². The van der Waals surface area contributed by atoms with Crippen molar-refractivity contribution >= 4 is 11.8 Å². The third-order valence-corrected chi connectivity index (χ3v) is 3.68. The van der Waals surface area contributed by atoms with Crippen molar-refractivity contribution in [2.45, 2.75) is 38.8 Å². The van der Waals surface area contributed by atoms with Crippen LogP contribution >= 0.6 is 0 Å². The maximum atomic E-state index is 12.0. The number of aliphatic hydroxyl groups is 1.